The van der Waals surface area contributed by atoms with Crippen LogP contribution in [0.2, 0.25) is 0 Å². The van der Waals surface area contributed by atoms with Gasteiger partial charge in [0, 0.05) is 6.07 Å². The Morgan fingerprint density at radius 2 is 2.00 bits per heavy atom. The highest BCUT2D eigenvalue weighted by atomic mass is 32.2. The van der Waals surface area contributed by atoms with Crippen LogP contribution in [0.25, 0.3) is 0 Å². The first-order chi connectivity index (χ1) is 9.29. The molecule has 0 radical (unpaired) electrons. The van der Waals surface area contributed by atoms with Gasteiger partial charge >= 0.3 is 5.69 Å². The molecule has 1 rings (SSSR count). The number of nitro benzene ring substituents is 1. The maximum absolute atomic E-state index is 10.8. The molecule has 1 aromatic rings. The normalized spacial score (nSPS) is 11.3. The zero-order valence-corrected chi connectivity index (χ0v) is 11.8. The molecule has 0 aliphatic rings. The molecule has 0 unspecified atom stereocenters. The van der Waals surface area contributed by atoms with E-state index in [-0.39, 0.29) is 37.0 Å². The number of nitrogens with zero attached hydrogens (tertiary/aromatic N) is 1. The van der Waals surface area contributed by atoms with Gasteiger partial charge in [0.1, 0.15) is 6.61 Å². The Kier molecular flexibility index (Phi) is 5.86. The first-order valence-electron chi connectivity index (χ1n) is 5.75. The van der Waals surface area contributed by atoms with Crippen molar-refractivity contribution in [2.24, 2.45) is 5.14 Å². The lowest BCUT2D eigenvalue weighted by atomic mass is 10.2. The zero-order chi connectivity index (χ0) is 15.2. The van der Waals surface area contributed by atoms with Crippen LogP contribution in [0.15, 0.2) is 18.2 Å². The second-order valence-electron chi connectivity index (χ2n) is 4.06. The van der Waals surface area contributed by atoms with Crippen molar-refractivity contribution in [2.75, 3.05) is 25.6 Å². The highest BCUT2D eigenvalue weighted by Crippen LogP contribution is 2.27. The fourth-order valence-electron chi connectivity index (χ4n) is 1.38. The van der Waals surface area contributed by atoms with Crippen molar-refractivity contribution >= 4 is 15.7 Å². The number of hydrogen-bond acceptors (Lipinski definition) is 6. The molecule has 112 valence electrons. The van der Waals surface area contributed by atoms with Crippen LogP contribution in [-0.2, 0) is 14.8 Å². The molecule has 0 bridgehead atoms. The minimum Gasteiger partial charge on any atom is -0.484 e. The quantitative estimate of drug-likeness (QED) is 0.426. The van der Waals surface area contributed by atoms with Crippen LogP contribution in [0.3, 0.4) is 0 Å². The van der Waals surface area contributed by atoms with Gasteiger partial charge in [-0.1, -0.05) is 6.07 Å². The molecule has 0 aliphatic heterocycles. The van der Waals surface area contributed by atoms with Gasteiger partial charge in [-0.2, -0.15) is 0 Å². The lowest BCUT2D eigenvalue weighted by molar-refractivity contribution is -0.385. The summed E-state index contributed by atoms with van der Waals surface area (Å²) < 4.78 is 31.5. The van der Waals surface area contributed by atoms with Crippen LogP contribution in [0.1, 0.15) is 5.56 Å². The number of rotatable bonds is 8. The van der Waals surface area contributed by atoms with Crippen LogP contribution in [0.4, 0.5) is 5.69 Å². The van der Waals surface area contributed by atoms with Gasteiger partial charge in [-0.25, -0.2) is 13.6 Å². The van der Waals surface area contributed by atoms with Crippen molar-refractivity contribution in [3.8, 4) is 5.75 Å². The third kappa shape index (κ3) is 5.95. The Morgan fingerprint density at radius 3 is 2.60 bits per heavy atom. The van der Waals surface area contributed by atoms with E-state index in [2.05, 4.69) is 0 Å². The molecule has 0 aliphatic carbocycles. The molecule has 8 nitrogen and oxygen atoms in total. The molecule has 0 fully saturated rings. The first kappa shape index (κ1) is 16.3. The zero-order valence-electron chi connectivity index (χ0n) is 10.9. The Morgan fingerprint density at radius 1 is 1.30 bits per heavy atom. The van der Waals surface area contributed by atoms with E-state index in [0.29, 0.717) is 0 Å². The average Bonchev–Trinajstić information content (AvgIpc) is 2.33. The van der Waals surface area contributed by atoms with Gasteiger partial charge in [-0.15, -0.1) is 0 Å². The largest absolute Gasteiger partial charge is 0.484 e. The van der Waals surface area contributed by atoms with E-state index in [9.17, 15) is 18.5 Å². The standard InChI is InChI=1S/C11H16N2O6S/c1-9-2-3-11(10(8-9)13(14)15)19-5-4-18-6-7-20(12,16)17/h2-3,8H,4-7H2,1H3,(H2,12,16,17). The Labute approximate surface area is 116 Å². The number of hydrogen-bond donors (Lipinski definition) is 1. The van der Waals surface area contributed by atoms with E-state index in [1.165, 1.54) is 12.1 Å². The van der Waals surface area contributed by atoms with Crippen LogP contribution < -0.4 is 9.88 Å². The third-order valence-corrected chi connectivity index (χ3v) is 3.04. The molecular formula is C11H16N2O6S. The van der Waals surface area contributed by atoms with E-state index in [4.69, 9.17) is 14.6 Å². The summed E-state index contributed by atoms with van der Waals surface area (Å²) in [5, 5.41) is 15.6. The summed E-state index contributed by atoms with van der Waals surface area (Å²) in [7, 11) is -3.54. The molecule has 0 saturated heterocycles. The number of primary sulfonamides is 1. The maximum Gasteiger partial charge on any atom is 0.311 e. The summed E-state index contributed by atoms with van der Waals surface area (Å²) in [5.74, 6) is -0.131. The van der Waals surface area contributed by atoms with Crippen molar-refractivity contribution in [3.63, 3.8) is 0 Å². The topological polar surface area (TPSA) is 122 Å². The van der Waals surface area contributed by atoms with Gasteiger partial charge in [0.15, 0.2) is 5.75 Å². The highest BCUT2D eigenvalue weighted by Gasteiger charge is 2.14. The minimum absolute atomic E-state index is 0.0435. The number of nitro groups is 1. The number of nitrogens with two attached hydrogens (primary N) is 1. The Hall–Kier alpha value is -1.71. The van der Waals surface area contributed by atoms with Crippen molar-refractivity contribution in [1.29, 1.82) is 0 Å². The minimum atomic E-state index is -3.54. The van der Waals surface area contributed by atoms with Crippen LogP contribution in [0, 0.1) is 17.0 Å². The molecule has 0 spiro atoms. The number of ether oxygens (including phenoxy) is 2. The van der Waals surface area contributed by atoms with Crippen LogP contribution in [-0.4, -0.2) is 38.9 Å². The van der Waals surface area contributed by atoms with Crippen molar-refractivity contribution in [3.05, 3.63) is 33.9 Å². The van der Waals surface area contributed by atoms with Gasteiger partial charge in [-0.05, 0) is 18.6 Å². The van der Waals surface area contributed by atoms with E-state index in [1.54, 1.807) is 13.0 Å². The lowest BCUT2D eigenvalue weighted by Gasteiger charge is -2.07. The van der Waals surface area contributed by atoms with E-state index >= 15 is 0 Å². The molecular weight excluding hydrogens is 288 g/mol. The fourth-order valence-corrected chi connectivity index (χ4v) is 1.73. The summed E-state index contributed by atoms with van der Waals surface area (Å²) in [4.78, 5) is 10.3. The molecule has 9 heteroatoms. The second-order valence-corrected chi connectivity index (χ2v) is 5.79. The SMILES string of the molecule is Cc1ccc(OCCOCCS(N)(=O)=O)c([N+](=O)[O-])c1. The van der Waals surface area contributed by atoms with Gasteiger partial charge < -0.3 is 9.47 Å². The number of sulfonamides is 1. The number of aryl methyl sites for hydroxylation is 1. The maximum atomic E-state index is 10.8. The Balaban J connectivity index is 2.41. The van der Waals surface area contributed by atoms with Crippen molar-refractivity contribution in [2.45, 2.75) is 6.92 Å². The Bertz CT molecular complexity index is 572. The molecule has 0 atom stereocenters. The molecule has 0 amide bonds. The smallest absolute Gasteiger partial charge is 0.311 e. The van der Waals surface area contributed by atoms with Gasteiger partial charge in [0.2, 0.25) is 10.0 Å². The monoisotopic (exact) mass is 304 g/mol. The van der Waals surface area contributed by atoms with Gasteiger partial charge in [0.05, 0.1) is 23.9 Å². The fraction of sp³-hybridized carbons (Fsp3) is 0.455. The third-order valence-electron chi connectivity index (χ3n) is 2.31. The molecule has 20 heavy (non-hydrogen) atoms. The van der Waals surface area contributed by atoms with E-state index < -0.39 is 14.9 Å². The molecule has 0 heterocycles. The highest BCUT2D eigenvalue weighted by molar-refractivity contribution is 7.89. The average molecular weight is 304 g/mol. The predicted molar refractivity (Wildman–Crippen MR) is 72.1 cm³/mol. The second kappa shape index (κ2) is 7.17. The predicted octanol–water partition coefficient (Wildman–Crippen LogP) is 0.587. The molecule has 0 saturated carbocycles. The van der Waals surface area contributed by atoms with Crippen LogP contribution >= 0.6 is 0 Å². The summed E-state index contributed by atoms with van der Waals surface area (Å²) in [6, 6.07) is 4.62. The summed E-state index contributed by atoms with van der Waals surface area (Å²) in [5.41, 5.74) is 0.642. The van der Waals surface area contributed by atoms with Crippen LogP contribution in [0.5, 0.6) is 5.75 Å². The summed E-state index contributed by atoms with van der Waals surface area (Å²) in [6.07, 6.45) is 0. The summed E-state index contributed by atoms with van der Waals surface area (Å²) >= 11 is 0. The van der Waals surface area contributed by atoms with Gasteiger partial charge in [-0.3, -0.25) is 10.1 Å². The number of benzene rings is 1. The van der Waals surface area contributed by atoms with E-state index in [0.717, 1.165) is 5.56 Å². The summed E-state index contributed by atoms with van der Waals surface area (Å²) in [6.45, 7) is 1.89. The first-order valence-corrected chi connectivity index (χ1v) is 7.47. The van der Waals surface area contributed by atoms with Crippen molar-refractivity contribution in [1.82, 2.24) is 0 Å². The molecule has 0 aromatic heterocycles. The van der Waals surface area contributed by atoms with Crippen molar-refractivity contribution < 1.29 is 22.8 Å². The molecule has 1 aromatic carbocycles. The van der Waals surface area contributed by atoms with E-state index in [1.807, 2.05) is 0 Å². The lowest BCUT2D eigenvalue weighted by Crippen LogP contribution is -2.21. The molecule has 2 N–H and O–H groups in total. The van der Waals surface area contributed by atoms with Gasteiger partial charge in [0.25, 0.3) is 0 Å².